The van der Waals surface area contributed by atoms with Crippen LogP contribution in [0.2, 0.25) is 5.15 Å². The SMILES string of the molecule is CC(C)Cc1nn(CCCc2ccccc2)c(Cl)c1CCl. The summed E-state index contributed by atoms with van der Waals surface area (Å²) in [4.78, 5) is 0. The zero-order chi connectivity index (χ0) is 15.2. The monoisotopic (exact) mass is 324 g/mol. The van der Waals surface area contributed by atoms with E-state index in [1.165, 1.54) is 5.56 Å². The van der Waals surface area contributed by atoms with Crippen molar-refractivity contribution in [3.63, 3.8) is 0 Å². The van der Waals surface area contributed by atoms with Gasteiger partial charge in [0.2, 0.25) is 0 Å². The van der Waals surface area contributed by atoms with E-state index in [2.05, 4.69) is 43.2 Å². The lowest BCUT2D eigenvalue weighted by Gasteiger charge is -2.04. The van der Waals surface area contributed by atoms with Crippen LogP contribution in [0.25, 0.3) is 0 Å². The molecular weight excluding hydrogens is 303 g/mol. The molecule has 0 radical (unpaired) electrons. The lowest BCUT2D eigenvalue weighted by Crippen LogP contribution is -2.03. The molecule has 21 heavy (non-hydrogen) atoms. The molecule has 0 fully saturated rings. The van der Waals surface area contributed by atoms with Gasteiger partial charge in [-0.1, -0.05) is 55.8 Å². The molecule has 0 aliphatic rings. The van der Waals surface area contributed by atoms with E-state index in [1.54, 1.807) is 0 Å². The number of aryl methyl sites for hydroxylation is 2. The van der Waals surface area contributed by atoms with Gasteiger partial charge in [0, 0.05) is 12.1 Å². The van der Waals surface area contributed by atoms with Gasteiger partial charge in [-0.15, -0.1) is 11.6 Å². The Kier molecular flexibility index (Phi) is 6.13. The van der Waals surface area contributed by atoms with E-state index in [4.69, 9.17) is 23.2 Å². The molecule has 0 saturated carbocycles. The van der Waals surface area contributed by atoms with Crippen LogP contribution in [-0.4, -0.2) is 9.78 Å². The summed E-state index contributed by atoms with van der Waals surface area (Å²) >= 11 is 12.4. The molecule has 4 heteroatoms. The standard InChI is InChI=1S/C17H22Cl2N2/c1-13(2)11-16-15(12-18)17(19)21(20-16)10-6-9-14-7-4-3-5-8-14/h3-5,7-8,13H,6,9-12H2,1-2H3. The second-order valence-corrected chi connectivity index (χ2v) is 6.39. The van der Waals surface area contributed by atoms with Crippen molar-refractivity contribution in [3.05, 3.63) is 52.3 Å². The molecule has 0 atom stereocenters. The van der Waals surface area contributed by atoms with Crippen LogP contribution in [0.5, 0.6) is 0 Å². The number of halogens is 2. The number of aromatic nitrogens is 2. The molecule has 1 heterocycles. The molecule has 0 aliphatic carbocycles. The minimum Gasteiger partial charge on any atom is -0.253 e. The Morgan fingerprint density at radius 1 is 1.19 bits per heavy atom. The zero-order valence-corrected chi connectivity index (χ0v) is 14.2. The molecule has 114 valence electrons. The Labute approximate surface area is 137 Å². The topological polar surface area (TPSA) is 17.8 Å². The largest absolute Gasteiger partial charge is 0.253 e. The highest BCUT2D eigenvalue weighted by Gasteiger charge is 2.16. The minimum absolute atomic E-state index is 0.430. The van der Waals surface area contributed by atoms with Crippen molar-refractivity contribution in [2.45, 2.75) is 45.5 Å². The first-order valence-corrected chi connectivity index (χ1v) is 8.37. The third-order valence-corrected chi connectivity index (χ3v) is 4.17. The molecule has 0 N–H and O–H groups in total. The predicted octanol–water partition coefficient (Wildman–Crippen LogP) is 5.11. The van der Waals surface area contributed by atoms with Crippen molar-refractivity contribution in [3.8, 4) is 0 Å². The molecular formula is C17H22Cl2N2. The fourth-order valence-corrected chi connectivity index (χ4v) is 3.08. The molecule has 0 bridgehead atoms. The summed E-state index contributed by atoms with van der Waals surface area (Å²) in [5.41, 5.74) is 3.39. The highest BCUT2D eigenvalue weighted by Crippen LogP contribution is 2.24. The van der Waals surface area contributed by atoms with Gasteiger partial charge in [0.15, 0.2) is 0 Å². The van der Waals surface area contributed by atoms with Crippen LogP contribution >= 0.6 is 23.2 Å². The van der Waals surface area contributed by atoms with Crippen LogP contribution in [0.4, 0.5) is 0 Å². The van der Waals surface area contributed by atoms with E-state index >= 15 is 0 Å². The van der Waals surface area contributed by atoms with Gasteiger partial charge in [0.05, 0.1) is 11.6 Å². The number of rotatable bonds is 7. The van der Waals surface area contributed by atoms with Gasteiger partial charge >= 0.3 is 0 Å². The Balaban J connectivity index is 2.01. The van der Waals surface area contributed by atoms with E-state index in [0.717, 1.165) is 37.1 Å². The molecule has 0 spiro atoms. The molecule has 2 rings (SSSR count). The highest BCUT2D eigenvalue weighted by atomic mass is 35.5. The Bertz CT molecular complexity index is 562. The summed E-state index contributed by atoms with van der Waals surface area (Å²) in [6.45, 7) is 5.19. The smallest absolute Gasteiger partial charge is 0.131 e. The predicted molar refractivity (Wildman–Crippen MR) is 90.1 cm³/mol. The van der Waals surface area contributed by atoms with E-state index in [9.17, 15) is 0 Å². The Morgan fingerprint density at radius 2 is 1.90 bits per heavy atom. The van der Waals surface area contributed by atoms with Gasteiger partial charge in [-0.3, -0.25) is 4.68 Å². The maximum Gasteiger partial charge on any atom is 0.131 e. The quantitative estimate of drug-likeness (QED) is 0.647. The normalized spacial score (nSPS) is 11.3. The minimum atomic E-state index is 0.430. The first-order chi connectivity index (χ1) is 10.1. The molecule has 0 saturated heterocycles. The van der Waals surface area contributed by atoms with Crippen molar-refractivity contribution in [2.24, 2.45) is 5.92 Å². The molecule has 0 amide bonds. The van der Waals surface area contributed by atoms with Gasteiger partial charge in [-0.25, -0.2) is 0 Å². The summed E-state index contributed by atoms with van der Waals surface area (Å²) in [6.07, 6.45) is 2.98. The van der Waals surface area contributed by atoms with Crippen LogP contribution in [0.1, 0.15) is 37.1 Å². The van der Waals surface area contributed by atoms with Gasteiger partial charge < -0.3 is 0 Å². The van der Waals surface area contributed by atoms with Crippen molar-refractivity contribution >= 4 is 23.2 Å². The zero-order valence-electron chi connectivity index (χ0n) is 12.6. The second-order valence-electron chi connectivity index (χ2n) is 5.76. The summed E-state index contributed by atoms with van der Waals surface area (Å²) < 4.78 is 1.90. The van der Waals surface area contributed by atoms with Crippen molar-refractivity contribution < 1.29 is 0 Å². The molecule has 1 aromatic heterocycles. The number of alkyl halides is 1. The van der Waals surface area contributed by atoms with Gasteiger partial charge in [-0.2, -0.15) is 5.10 Å². The summed E-state index contributed by atoms with van der Waals surface area (Å²) in [5.74, 6) is 0.982. The van der Waals surface area contributed by atoms with E-state index < -0.39 is 0 Å². The lowest BCUT2D eigenvalue weighted by molar-refractivity contribution is 0.558. The maximum absolute atomic E-state index is 6.41. The fraction of sp³-hybridized carbons (Fsp3) is 0.471. The molecule has 1 aromatic carbocycles. The van der Waals surface area contributed by atoms with Crippen molar-refractivity contribution in [1.29, 1.82) is 0 Å². The number of nitrogens with zero attached hydrogens (tertiary/aromatic N) is 2. The molecule has 2 aromatic rings. The summed E-state index contributed by atoms with van der Waals surface area (Å²) in [6, 6.07) is 10.5. The van der Waals surface area contributed by atoms with E-state index in [0.29, 0.717) is 17.0 Å². The Morgan fingerprint density at radius 3 is 2.52 bits per heavy atom. The average Bonchev–Trinajstić information content (AvgIpc) is 2.75. The number of benzene rings is 1. The average molecular weight is 325 g/mol. The molecule has 0 aliphatic heterocycles. The van der Waals surface area contributed by atoms with Gasteiger partial charge in [0.25, 0.3) is 0 Å². The third-order valence-electron chi connectivity index (χ3n) is 3.48. The van der Waals surface area contributed by atoms with Crippen molar-refractivity contribution in [1.82, 2.24) is 9.78 Å². The van der Waals surface area contributed by atoms with Crippen LogP contribution in [0.15, 0.2) is 30.3 Å². The fourth-order valence-electron chi connectivity index (χ4n) is 2.43. The summed E-state index contributed by atoms with van der Waals surface area (Å²) in [5, 5.41) is 5.35. The van der Waals surface area contributed by atoms with Crippen molar-refractivity contribution in [2.75, 3.05) is 0 Å². The lowest BCUT2D eigenvalue weighted by atomic mass is 10.1. The van der Waals surface area contributed by atoms with Gasteiger partial charge in [-0.05, 0) is 30.7 Å². The number of hydrogen-bond acceptors (Lipinski definition) is 1. The van der Waals surface area contributed by atoms with Crippen LogP contribution in [0.3, 0.4) is 0 Å². The molecule has 0 unspecified atom stereocenters. The summed E-state index contributed by atoms with van der Waals surface area (Å²) in [7, 11) is 0. The first kappa shape index (κ1) is 16.4. The second kappa shape index (κ2) is 7.86. The number of hydrogen-bond donors (Lipinski definition) is 0. The van der Waals surface area contributed by atoms with Crippen LogP contribution < -0.4 is 0 Å². The third kappa shape index (κ3) is 4.49. The highest BCUT2D eigenvalue weighted by molar-refractivity contribution is 6.31. The van der Waals surface area contributed by atoms with Crippen LogP contribution in [-0.2, 0) is 25.3 Å². The molecule has 2 nitrogen and oxygen atoms in total. The van der Waals surface area contributed by atoms with Gasteiger partial charge in [0.1, 0.15) is 5.15 Å². The van der Waals surface area contributed by atoms with Crippen LogP contribution in [0, 0.1) is 5.92 Å². The van der Waals surface area contributed by atoms with E-state index in [-0.39, 0.29) is 0 Å². The maximum atomic E-state index is 6.41. The van der Waals surface area contributed by atoms with E-state index in [1.807, 2.05) is 10.7 Å². The first-order valence-electron chi connectivity index (χ1n) is 7.45. The Hall–Kier alpha value is -0.990.